The van der Waals surface area contributed by atoms with Gasteiger partial charge in [-0.3, -0.25) is 0 Å². The lowest BCUT2D eigenvalue weighted by Gasteiger charge is -2.22. The largest absolute Gasteiger partial charge is 0.462 e. The van der Waals surface area contributed by atoms with Crippen LogP contribution in [0.1, 0.15) is 60.1 Å². The van der Waals surface area contributed by atoms with E-state index < -0.39 is 0 Å². The lowest BCUT2D eigenvalue weighted by atomic mass is 9.83. The number of fused-ring (bicyclic) bond motifs is 3. The molecular formula is C21H28N4O2. The summed E-state index contributed by atoms with van der Waals surface area (Å²) in [6.07, 6.45) is 5.42. The van der Waals surface area contributed by atoms with Gasteiger partial charge in [-0.2, -0.15) is 0 Å². The first kappa shape index (κ1) is 17.9. The predicted molar refractivity (Wildman–Crippen MR) is 107 cm³/mol. The lowest BCUT2D eigenvalue weighted by molar-refractivity contribution is 0.0527. The van der Waals surface area contributed by atoms with Crippen molar-refractivity contribution >= 4 is 22.8 Å². The molecule has 0 amide bonds. The second-order valence-electron chi connectivity index (χ2n) is 7.90. The number of esters is 1. The number of carbonyl (C=O) groups is 1. The first-order chi connectivity index (χ1) is 13.0. The molecule has 0 radical (unpaired) electrons. The number of benzene rings is 1. The Kier molecular flexibility index (Phi) is 4.58. The summed E-state index contributed by atoms with van der Waals surface area (Å²) in [5, 5.41) is 0.906. The van der Waals surface area contributed by atoms with E-state index in [1.165, 1.54) is 31.2 Å². The topological polar surface area (TPSA) is 95.6 Å². The van der Waals surface area contributed by atoms with Gasteiger partial charge >= 0.3 is 5.97 Å². The highest BCUT2D eigenvalue weighted by Gasteiger charge is 2.40. The minimum absolute atomic E-state index is 0.0118. The molecule has 6 heteroatoms. The number of ether oxygens (including phenoxy) is 1. The van der Waals surface area contributed by atoms with E-state index >= 15 is 0 Å². The van der Waals surface area contributed by atoms with Crippen molar-refractivity contribution in [2.75, 3.05) is 6.61 Å². The molecule has 2 aromatic rings. The summed E-state index contributed by atoms with van der Waals surface area (Å²) in [5.74, 6) is 2.06. The first-order valence-corrected chi connectivity index (χ1v) is 9.83. The molecule has 144 valence electrons. The Bertz CT molecular complexity index is 911. The maximum Gasteiger partial charge on any atom is 0.340 e. The van der Waals surface area contributed by atoms with Crippen molar-refractivity contribution in [1.82, 2.24) is 4.57 Å². The van der Waals surface area contributed by atoms with Crippen LogP contribution in [0.25, 0.3) is 10.9 Å². The van der Waals surface area contributed by atoms with Crippen molar-refractivity contribution in [3.8, 4) is 0 Å². The highest BCUT2D eigenvalue weighted by molar-refractivity contribution is 6.06. The summed E-state index contributed by atoms with van der Waals surface area (Å²) in [6, 6.07) is 6.52. The first-order valence-electron chi connectivity index (χ1n) is 9.83. The zero-order valence-electron chi connectivity index (χ0n) is 16.1. The SMILES string of the molecule is CCOC(=O)c1c(CN=C(N)N)n(C)c2cc(C3CC4CCC3C4)ccc12. The second kappa shape index (κ2) is 6.91. The molecule has 2 aliphatic carbocycles. The van der Waals surface area contributed by atoms with Crippen molar-refractivity contribution in [3.63, 3.8) is 0 Å². The predicted octanol–water partition coefficient (Wildman–Crippen LogP) is 3.03. The van der Waals surface area contributed by atoms with Crippen LogP contribution in [0, 0.1) is 11.8 Å². The molecule has 0 saturated heterocycles. The van der Waals surface area contributed by atoms with Crippen molar-refractivity contribution in [2.24, 2.45) is 35.3 Å². The third kappa shape index (κ3) is 3.07. The minimum atomic E-state index is -0.323. The number of aliphatic imine (C=N–C) groups is 1. The Morgan fingerprint density at radius 3 is 2.74 bits per heavy atom. The maximum atomic E-state index is 12.6. The normalized spacial score (nSPS) is 23.7. The van der Waals surface area contributed by atoms with Crippen LogP contribution in [0.2, 0.25) is 0 Å². The van der Waals surface area contributed by atoms with Crippen LogP contribution in [0.5, 0.6) is 0 Å². The van der Waals surface area contributed by atoms with E-state index in [-0.39, 0.29) is 18.5 Å². The molecule has 1 heterocycles. The smallest absolute Gasteiger partial charge is 0.340 e. The van der Waals surface area contributed by atoms with Crippen LogP contribution in [-0.2, 0) is 18.3 Å². The van der Waals surface area contributed by atoms with Crippen LogP contribution < -0.4 is 11.5 Å². The van der Waals surface area contributed by atoms with Crippen molar-refractivity contribution in [3.05, 3.63) is 35.0 Å². The molecule has 1 aromatic carbocycles. The third-order valence-electron chi connectivity index (χ3n) is 6.40. The Hall–Kier alpha value is -2.50. The summed E-state index contributed by atoms with van der Waals surface area (Å²) < 4.78 is 7.34. The van der Waals surface area contributed by atoms with Gasteiger partial charge in [0.05, 0.1) is 24.4 Å². The number of carbonyl (C=O) groups excluding carboxylic acids is 1. The number of aromatic nitrogens is 1. The standard InChI is InChI=1S/C21H28N4O2/c1-3-27-20(26)19-15-7-6-14(16-9-12-4-5-13(16)8-12)10-17(15)25(2)18(19)11-24-21(22)23/h6-7,10,12-13,16H,3-5,8-9,11H2,1-2H3,(H4,22,23,24). The number of guanidine groups is 1. The van der Waals surface area contributed by atoms with E-state index in [1.54, 1.807) is 0 Å². The molecule has 4 rings (SSSR count). The highest BCUT2D eigenvalue weighted by Crippen LogP contribution is 2.53. The lowest BCUT2D eigenvalue weighted by Crippen LogP contribution is -2.23. The molecule has 2 aliphatic rings. The summed E-state index contributed by atoms with van der Waals surface area (Å²) >= 11 is 0. The van der Waals surface area contributed by atoms with Crippen LogP contribution in [0.4, 0.5) is 0 Å². The fraction of sp³-hybridized carbons (Fsp3) is 0.524. The van der Waals surface area contributed by atoms with Gasteiger partial charge in [0.1, 0.15) is 0 Å². The van der Waals surface area contributed by atoms with Gasteiger partial charge in [-0.1, -0.05) is 18.6 Å². The molecule has 2 saturated carbocycles. The number of aryl methyl sites for hydroxylation is 1. The van der Waals surface area contributed by atoms with Crippen LogP contribution in [0.15, 0.2) is 23.2 Å². The van der Waals surface area contributed by atoms with Crippen molar-refractivity contribution in [2.45, 2.75) is 45.1 Å². The van der Waals surface area contributed by atoms with Gasteiger partial charge in [0.15, 0.2) is 5.96 Å². The quantitative estimate of drug-likeness (QED) is 0.482. The number of hydrogen-bond donors (Lipinski definition) is 2. The molecular weight excluding hydrogens is 340 g/mol. The van der Waals surface area contributed by atoms with Gasteiger partial charge in [-0.05, 0) is 55.6 Å². The van der Waals surface area contributed by atoms with Crippen LogP contribution in [0.3, 0.4) is 0 Å². The fourth-order valence-electron chi connectivity index (χ4n) is 5.17. The van der Waals surface area contributed by atoms with E-state index in [4.69, 9.17) is 16.2 Å². The average molecular weight is 368 g/mol. The Morgan fingerprint density at radius 1 is 1.30 bits per heavy atom. The number of hydrogen-bond acceptors (Lipinski definition) is 3. The third-order valence-corrected chi connectivity index (χ3v) is 6.40. The molecule has 0 spiro atoms. The molecule has 3 unspecified atom stereocenters. The molecule has 2 fully saturated rings. The Morgan fingerprint density at radius 2 is 2.11 bits per heavy atom. The van der Waals surface area contributed by atoms with Crippen molar-refractivity contribution < 1.29 is 9.53 Å². The second-order valence-corrected chi connectivity index (χ2v) is 7.90. The van der Waals surface area contributed by atoms with Crippen molar-refractivity contribution in [1.29, 1.82) is 0 Å². The van der Waals surface area contributed by atoms with E-state index in [9.17, 15) is 4.79 Å². The summed E-state index contributed by atoms with van der Waals surface area (Å²) in [5.41, 5.74) is 14.8. The van der Waals surface area contributed by atoms with E-state index in [2.05, 4.69) is 23.2 Å². The van der Waals surface area contributed by atoms with Gasteiger partial charge in [0, 0.05) is 18.0 Å². The zero-order chi connectivity index (χ0) is 19.1. The molecule has 2 bridgehead atoms. The van der Waals surface area contributed by atoms with Gasteiger partial charge in [-0.25, -0.2) is 9.79 Å². The minimum Gasteiger partial charge on any atom is -0.462 e. The summed E-state index contributed by atoms with van der Waals surface area (Å²) in [7, 11) is 1.97. The zero-order valence-corrected chi connectivity index (χ0v) is 16.1. The molecule has 6 nitrogen and oxygen atoms in total. The van der Waals surface area contributed by atoms with E-state index in [0.717, 1.165) is 28.4 Å². The van der Waals surface area contributed by atoms with Gasteiger partial charge in [0.2, 0.25) is 0 Å². The molecule has 1 aromatic heterocycles. The van der Waals surface area contributed by atoms with Gasteiger partial charge in [-0.15, -0.1) is 0 Å². The monoisotopic (exact) mass is 368 g/mol. The summed E-state index contributed by atoms with van der Waals surface area (Å²) in [6.45, 7) is 2.40. The maximum absolute atomic E-state index is 12.6. The number of nitrogens with two attached hydrogens (primary N) is 2. The molecule has 3 atom stereocenters. The number of rotatable bonds is 5. The average Bonchev–Trinajstić information content (AvgIpc) is 3.33. The molecule has 4 N–H and O–H groups in total. The van der Waals surface area contributed by atoms with Crippen LogP contribution in [-0.4, -0.2) is 23.1 Å². The van der Waals surface area contributed by atoms with Gasteiger partial charge < -0.3 is 20.8 Å². The Labute approximate surface area is 159 Å². The van der Waals surface area contributed by atoms with Crippen LogP contribution >= 0.6 is 0 Å². The van der Waals surface area contributed by atoms with E-state index in [0.29, 0.717) is 18.1 Å². The summed E-state index contributed by atoms with van der Waals surface area (Å²) in [4.78, 5) is 16.8. The molecule has 0 aliphatic heterocycles. The van der Waals surface area contributed by atoms with E-state index in [1.807, 2.05) is 18.5 Å². The highest BCUT2D eigenvalue weighted by atomic mass is 16.5. The fourth-order valence-corrected chi connectivity index (χ4v) is 5.17. The molecule has 27 heavy (non-hydrogen) atoms. The van der Waals surface area contributed by atoms with Gasteiger partial charge in [0.25, 0.3) is 0 Å². The Balaban J connectivity index is 1.80. The number of nitrogens with zero attached hydrogens (tertiary/aromatic N) is 2.